The highest BCUT2D eigenvalue weighted by atomic mass is 16.5. The molecule has 5 aliphatic rings. The van der Waals surface area contributed by atoms with Crippen LogP contribution in [0.2, 0.25) is 0 Å². The molecule has 5 heterocycles. The average Bonchev–Trinajstić information content (AvgIpc) is 3.50. The van der Waals surface area contributed by atoms with Crippen LogP contribution in [0.25, 0.3) is 0 Å². The van der Waals surface area contributed by atoms with Gasteiger partial charge in [0.2, 0.25) is 5.91 Å². The van der Waals surface area contributed by atoms with Gasteiger partial charge >= 0.3 is 11.9 Å². The SMILES string of the molecule is CC1=C(N2CCC3(CC4CC[C@H](C3)N4C[C@H](O)c3ccc4c(c3C)COC4=O)C2=O)COC1=O. The highest BCUT2D eigenvalue weighted by Gasteiger charge is 2.56. The summed E-state index contributed by atoms with van der Waals surface area (Å²) in [4.78, 5) is 41.4. The number of likely N-dealkylation sites (tertiary alicyclic amines) is 1. The predicted octanol–water partition coefficient (Wildman–Crippen LogP) is 2.38. The van der Waals surface area contributed by atoms with E-state index >= 15 is 0 Å². The molecule has 1 aromatic carbocycles. The van der Waals surface area contributed by atoms with E-state index in [1.807, 2.05) is 13.0 Å². The first-order valence-electron chi connectivity index (χ1n) is 12.2. The van der Waals surface area contributed by atoms with E-state index in [-0.39, 0.29) is 48.6 Å². The minimum atomic E-state index is -0.664. The number of hydrogen-bond donors (Lipinski definition) is 1. The van der Waals surface area contributed by atoms with Gasteiger partial charge in [0, 0.05) is 30.7 Å². The van der Waals surface area contributed by atoms with Crippen LogP contribution in [-0.2, 0) is 25.7 Å². The standard InChI is InChI=1S/C26H30N2O6/c1-14-18(5-6-19-20(14)12-33-24(19)31)22(29)11-28-16-3-4-17(28)10-26(9-16)7-8-27(25(26)32)21-13-34-23(30)15(21)2/h5-6,16-17,22,29H,3-4,7-13H2,1-2H3/t16-,17?,22+,26?/m1/s1. The Bertz CT molecular complexity index is 1130. The first kappa shape index (κ1) is 21.8. The number of rotatable bonds is 4. The number of carbonyl (C=O) groups is 3. The summed E-state index contributed by atoms with van der Waals surface area (Å²) < 4.78 is 10.3. The van der Waals surface area contributed by atoms with E-state index in [1.54, 1.807) is 17.9 Å². The van der Waals surface area contributed by atoms with Crippen molar-refractivity contribution in [3.63, 3.8) is 0 Å². The van der Waals surface area contributed by atoms with Crippen LogP contribution >= 0.6 is 0 Å². The monoisotopic (exact) mass is 466 g/mol. The van der Waals surface area contributed by atoms with Crippen molar-refractivity contribution in [2.75, 3.05) is 19.7 Å². The van der Waals surface area contributed by atoms with Crippen LogP contribution in [0, 0.1) is 12.3 Å². The lowest BCUT2D eigenvalue weighted by Gasteiger charge is -2.44. The number of esters is 2. The quantitative estimate of drug-likeness (QED) is 0.681. The van der Waals surface area contributed by atoms with Crippen molar-refractivity contribution in [1.29, 1.82) is 0 Å². The molecule has 8 nitrogen and oxygen atoms in total. The molecule has 2 unspecified atom stereocenters. The van der Waals surface area contributed by atoms with E-state index in [0.29, 0.717) is 24.2 Å². The number of aliphatic hydroxyl groups is 1. The van der Waals surface area contributed by atoms with E-state index in [9.17, 15) is 19.5 Å². The normalized spacial score (nSPS) is 31.5. The zero-order valence-electron chi connectivity index (χ0n) is 19.6. The maximum Gasteiger partial charge on any atom is 0.338 e. The van der Waals surface area contributed by atoms with Crippen LogP contribution in [0.3, 0.4) is 0 Å². The Morgan fingerprint density at radius 3 is 2.44 bits per heavy atom. The van der Waals surface area contributed by atoms with Gasteiger partial charge < -0.3 is 19.5 Å². The van der Waals surface area contributed by atoms with Crippen LogP contribution in [0.5, 0.6) is 0 Å². The molecule has 5 aliphatic heterocycles. The summed E-state index contributed by atoms with van der Waals surface area (Å²) in [6.07, 6.45) is 3.78. The van der Waals surface area contributed by atoms with Gasteiger partial charge in [-0.1, -0.05) is 6.07 Å². The third-order valence-electron chi connectivity index (χ3n) is 8.89. The first-order valence-corrected chi connectivity index (χ1v) is 12.2. The number of nitrogens with zero attached hydrogens (tertiary/aromatic N) is 2. The number of aliphatic hydroxyl groups excluding tert-OH is 1. The van der Waals surface area contributed by atoms with Gasteiger partial charge in [0.15, 0.2) is 0 Å². The number of benzene rings is 1. The smallest absolute Gasteiger partial charge is 0.338 e. The lowest BCUT2D eigenvalue weighted by molar-refractivity contribution is -0.140. The maximum absolute atomic E-state index is 13.6. The van der Waals surface area contributed by atoms with Crippen molar-refractivity contribution in [2.45, 2.75) is 70.7 Å². The number of cyclic esters (lactones) is 2. The molecule has 0 aliphatic carbocycles. The van der Waals surface area contributed by atoms with Crippen LogP contribution < -0.4 is 0 Å². The second-order valence-corrected chi connectivity index (χ2v) is 10.5. The molecule has 0 aromatic heterocycles. The molecule has 6 rings (SSSR count). The van der Waals surface area contributed by atoms with Gasteiger partial charge in [-0.2, -0.15) is 0 Å². The predicted molar refractivity (Wildman–Crippen MR) is 120 cm³/mol. The molecule has 3 fully saturated rings. The molecule has 1 aromatic rings. The third kappa shape index (κ3) is 3.08. The van der Waals surface area contributed by atoms with Crippen LogP contribution in [0.15, 0.2) is 23.4 Å². The Kier molecular flexibility index (Phi) is 4.90. The molecule has 4 atom stereocenters. The molecule has 1 N–H and O–H groups in total. The van der Waals surface area contributed by atoms with E-state index in [4.69, 9.17) is 9.47 Å². The van der Waals surface area contributed by atoms with E-state index in [1.165, 1.54) is 0 Å². The summed E-state index contributed by atoms with van der Waals surface area (Å²) in [5.41, 5.74) is 4.13. The third-order valence-corrected chi connectivity index (χ3v) is 8.89. The van der Waals surface area contributed by atoms with Gasteiger partial charge in [-0.25, -0.2) is 9.59 Å². The Hall–Kier alpha value is -2.71. The van der Waals surface area contributed by atoms with Crippen molar-refractivity contribution in [2.24, 2.45) is 5.41 Å². The Morgan fingerprint density at radius 2 is 1.76 bits per heavy atom. The van der Waals surface area contributed by atoms with Gasteiger partial charge in [0.05, 0.1) is 28.4 Å². The molecule has 2 bridgehead atoms. The van der Waals surface area contributed by atoms with Crippen LogP contribution in [0.4, 0.5) is 0 Å². The Morgan fingerprint density at radius 1 is 1.06 bits per heavy atom. The molecule has 3 saturated heterocycles. The summed E-state index contributed by atoms with van der Waals surface area (Å²) in [6, 6.07) is 4.12. The Balaban J connectivity index is 1.18. The number of ether oxygens (including phenoxy) is 2. The summed E-state index contributed by atoms with van der Waals surface area (Å²) in [7, 11) is 0. The lowest BCUT2D eigenvalue weighted by atomic mass is 9.73. The van der Waals surface area contributed by atoms with E-state index in [2.05, 4.69) is 4.90 Å². The molecule has 1 spiro atoms. The van der Waals surface area contributed by atoms with E-state index in [0.717, 1.165) is 54.5 Å². The molecular weight excluding hydrogens is 436 g/mol. The number of hydrogen-bond acceptors (Lipinski definition) is 7. The summed E-state index contributed by atoms with van der Waals surface area (Å²) in [5, 5.41) is 11.2. The fourth-order valence-electron chi connectivity index (χ4n) is 6.97. The topological polar surface area (TPSA) is 96.4 Å². The van der Waals surface area contributed by atoms with Crippen molar-refractivity contribution < 1.29 is 29.0 Å². The molecule has 0 radical (unpaired) electrons. The fraction of sp³-hybridized carbons (Fsp3) is 0.577. The second kappa shape index (κ2) is 7.65. The average molecular weight is 467 g/mol. The minimum absolute atomic E-state index is 0.136. The molecule has 0 saturated carbocycles. The van der Waals surface area contributed by atoms with Gasteiger partial charge in [-0.3, -0.25) is 9.69 Å². The lowest BCUT2D eigenvalue weighted by Crippen LogP contribution is -2.51. The van der Waals surface area contributed by atoms with E-state index < -0.39 is 6.10 Å². The molecule has 34 heavy (non-hydrogen) atoms. The van der Waals surface area contributed by atoms with Crippen molar-refractivity contribution in [3.8, 4) is 0 Å². The van der Waals surface area contributed by atoms with Crippen molar-refractivity contribution in [3.05, 3.63) is 45.7 Å². The highest BCUT2D eigenvalue weighted by Crippen LogP contribution is 2.52. The van der Waals surface area contributed by atoms with Crippen molar-refractivity contribution >= 4 is 17.8 Å². The van der Waals surface area contributed by atoms with Crippen LogP contribution in [-0.4, -0.2) is 64.5 Å². The zero-order chi connectivity index (χ0) is 23.8. The number of piperidine rings is 1. The summed E-state index contributed by atoms with van der Waals surface area (Å²) in [5.74, 6) is -0.491. The molecule has 180 valence electrons. The number of fused-ring (bicyclic) bond motifs is 3. The first-order chi connectivity index (χ1) is 16.3. The van der Waals surface area contributed by atoms with Gasteiger partial charge in [0.25, 0.3) is 0 Å². The highest BCUT2D eigenvalue weighted by molar-refractivity contribution is 5.94. The van der Waals surface area contributed by atoms with Gasteiger partial charge in [-0.15, -0.1) is 0 Å². The number of carbonyl (C=O) groups excluding carboxylic acids is 3. The molecule has 8 heteroatoms. The largest absolute Gasteiger partial charge is 0.457 e. The zero-order valence-corrected chi connectivity index (χ0v) is 19.6. The maximum atomic E-state index is 13.6. The Labute approximate surface area is 198 Å². The number of amides is 1. The summed E-state index contributed by atoms with van der Waals surface area (Å²) in [6.45, 7) is 5.29. The fourth-order valence-corrected chi connectivity index (χ4v) is 6.97. The minimum Gasteiger partial charge on any atom is -0.457 e. The van der Waals surface area contributed by atoms with Gasteiger partial charge in [0.1, 0.15) is 13.2 Å². The van der Waals surface area contributed by atoms with Gasteiger partial charge in [-0.05, 0) is 63.1 Å². The molecule has 1 amide bonds. The van der Waals surface area contributed by atoms with Crippen molar-refractivity contribution in [1.82, 2.24) is 9.80 Å². The van der Waals surface area contributed by atoms with Crippen LogP contribution in [0.1, 0.15) is 72.2 Å². The second-order valence-electron chi connectivity index (χ2n) is 10.5. The molecular formula is C26H30N2O6. The summed E-state index contributed by atoms with van der Waals surface area (Å²) >= 11 is 0.